The monoisotopic (exact) mass is 406 g/mol. The van der Waals surface area contributed by atoms with Crippen LogP contribution in [0.2, 0.25) is 0 Å². The predicted octanol–water partition coefficient (Wildman–Crippen LogP) is 4.54. The molecule has 0 unspecified atom stereocenters. The second-order valence-electron chi connectivity index (χ2n) is 7.73. The highest BCUT2D eigenvalue weighted by molar-refractivity contribution is 6.36. The van der Waals surface area contributed by atoms with Gasteiger partial charge in [0.2, 0.25) is 0 Å². The van der Waals surface area contributed by atoms with Crippen LogP contribution in [0.25, 0.3) is 5.57 Å². The van der Waals surface area contributed by atoms with Gasteiger partial charge in [-0.15, -0.1) is 0 Å². The Kier molecular flexibility index (Phi) is 6.73. The number of ether oxygens (including phenoxy) is 1. The SMILES string of the molecule is CCOCCCN1C(=O)C(Nc2cccc(C)c2C)=C(c2ccc(C)c(C)c2)C1=O. The van der Waals surface area contributed by atoms with Crippen molar-refractivity contribution in [1.82, 2.24) is 4.90 Å². The third-order valence-corrected chi connectivity index (χ3v) is 5.70. The average molecular weight is 407 g/mol. The van der Waals surface area contributed by atoms with E-state index in [-0.39, 0.29) is 11.8 Å². The van der Waals surface area contributed by atoms with Gasteiger partial charge in [-0.3, -0.25) is 14.5 Å². The average Bonchev–Trinajstić information content (AvgIpc) is 2.95. The van der Waals surface area contributed by atoms with Crippen LogP contribution in [-0.4, -0.2) is 36.5 Å². The summed E-state index contributed by atoms with van der Waals surface area (Å²) < 4.78 is 5.38. The lowest BCUT2D eigenvalue weighted by Crippen LogP contribution is -2.34. The Labute approximate surface area is 178 Å². The summed E-state index contributed by atoms with van der Waals surface area (Å²) in [5, 5.41) is 3.28. The molecule has 1 aliphatic heterocycles. The van der Waals surface area contributed by atoms with E-state index in [1.807, 2.05) is 71.0 Å². The van der Waals surface area contributed by atoms with Gasteiger partial charge >= 0.3 is 0 Å². The van der Waals surface area contributed by atoms with E-state index in [0.717, 1.165) is 33.5 Å². The third-order valence-electron chi connectivity index (χ3n) is 5.70. The Morgan fingerprint density at radius 2 is 1.70 bits per heavy atom. The highest BCUT2D eigenvalue weighted by Crippen LogP contribution is 2.32. The fourth-order valence-electron chi connectivity index (χ4n) is 3.55. The van der Waals surface area contributed by atoms with Gasteiger partial charge in [-0.1, -0.05) is 30.3 Å². The van der Waals surface area contributed by atoms with Gasteiger partial charge < -0.3 is 10.1 Å². The first kappa shape index (κ1) is 21.8. The predicted molar refractivity (Wildman–Crippen MR) is 120 cm³/mol. The van der Waals surface area contributed by atoms with Crippen LogP contribution in [0, 0.1) is 27.7 Å². The summed E-state index contributed by atoms with van der Waals surface area (Å²) in [6, 6.07) is 11.8. The molecule has 0 bridgehead atoms. The quantitative estimate of drug-likeness (QED) is 0.517. The number of nitrogens with one attached hydrogen (secondary N) is 1. The molecule has 0 spiro atoms. The van der Waals surface area contributed by atoms with Gasteiger partial charge in [0.1, 0.15) is 5.70 Å². The van der Waals surface area contributed by atoms with Crippen molar-refractivity contribution >= 4 is 23.1 Å². The van der Waals surface area contributed by atoms with Crippen molar-refractivity contribution in [1.29, 1.82) is 0 Å². The third kappa shape index (κ3) is 4.31. The highest BCUT2D eigenvalue weighted by Gasteiger charge is 2.39. The van der Waals surface area contributed by atoms with Gasteiger partial charge in [-0.25, -0.2) is 0 Å². The summed E-state index contributed by atoms with van der Waals surface area (Å²) in [6.45, 7) is 11.5. The van der Waals surface area contributed by atoms with Gasteiger partial charge in [0, 0.05) is 25.4 Å². The first-order chi connectivity index (χ1) is 14.3. The second kappa shape index (κ2) is 9.26. The zero-order valence-electron chi connectivity index (χ0n) is 18.5. The molecule has 0 saturated carbocycles. The Balaban J connectivity index is 2.01. The number of carbonyl (C=O) groups is 2. The molecule has 30 heavy (non-hydrogen) atoms. The van der Waals surface area contributed by atoms with Gasteiger partial charge in [-0.2, -0.15) is 0 Å². The molecule has 1 heterocycles. The molecule has 0 atom stereocenters. The summed E-state index contributed by atoms with van der Waals surface area (Å²) >= 11 is 0. The second-order valence-corrected chi connectivity index (χ2v) is 7.73. The lowest BCUT2D eigenvalue weighted by atomic mass is 9.99. The van der Waals surface area contributed by atoms with Crippen molar-refractivity contribution in [2.24, 2.45) is 0 Å². The molecule has 1 N–H and O–H groups in total. The summed E-state index contributed by atoms with van der Waals surface area (Å²) in [7, 11) is 0. The maximum absolute atomic E-state index is 13.3. The molecule has 0 saturated heterocycles. The molecular formula is C25H30N2O3. The van der Waals surface area contributed by atoms with E-state index in [4.69, 9.17) is 4.74 Å². The normalized spacial score (nSPS) is 14.1. The van der Waals surface area contributed by atoms with E-state index in [2.05, 4.69) is 5.32 Å². The molecule has 3 rings (SSSR count). The molecule has 1 aliphatic rings. The standard InChI is InChI=1S/C25H30N2O3/c1-6-30-14-8-13-27-24(28)22(20-12-11-16(2)18(4)15-20)23(25(27)29)26-21-10-7-9-17(3)19(21)5/h7,9-12,15,26H,6,8,13-14H2,1-5H3. The first-order valence-electron chi connectivity index (χ1n) is 10.4. The number of rotatable bonds is 8. The first-order valence-corrected chi connectivity index (χ1v) is 10.4. The molecule has 2 aromatic carbocycles. The molecule has 158 valence electrons. The molecule has 5 nitrogen and oxygen atoms in total. The maximum Gasteiger partial charge on any atom is 0.278 e. The number of anilines is 1. The zero-order chi connectivity index (χ0) is 21.8. The lowest BCUT2D eigenvalue weighted by Gasteiger charge is -2.16. The maximum atomic E-state index is 13.3. The van der Waals surface area contributed by atoms with E-state index in [9.17, 15) is 9.59 Å². The van der Waals surface area contributed by atoms with Gasteiger partial charge in [0.15, 0.2) is 0 Å². The minimum atomic E-state index is -0.286. The summed E-state index contributed by atoms with van der Waals surface area (Å²) in [6.07, 6.45) is 0.613. The molecule has 2 amide bonds. The van der Waals surface area contributed by atoms with E-state index in [1.54, 1.807) is 0 Å². The topological polar surface area (TPSA) is 58.6 Å². The van der Waals surface area contributed by atoms with E-state index < -0.39 is 0 Å². The molecule has 0 aromatic heterocycles. The minimum Gasteiger partial charge on any atom is -0.382 e. The summed E-state index contributed by atoms with van der Waals surface area (Å²) in [4.78, 5) is 27.9. The van der Waals surface area contributed by atoms with Crippen LogP contribution in [-0.2, 0) is 14.3 Å². The van der Waals surface area contributed by atoms with Crippen molar-refractivity contribution < 1.29 is 14.3 Å². The number of hydrogen-bond acceptors (Lipinski definition) is 4. The van der Waals surface area contributed by atoms with Gasteiger partial charge in [-0.05, 0) is 74.9 Å². The molecule has 0 radical (unpaired) electrons. The number of benzene rings is 2. The van der Waals surface area contributed by atoms with Crippen LogP contribution in [0.4, 0.5) is 5.69 Å². The van der Waals surface area contributed by atoms with Crippen molar-refractivity contribution in [3.8, 4) is 0 Å². The zero-order valence-corrected chi connectivity index (χ0v) is 18.5. The fourth-order valence-corrected chi connectivity index (χ4v) is 3.55. The number of hydrogen-bond donors (Lipinski definition) is 1. The fraction of sp³-hybridized carbons (Fsp3) is 0.360. The Morgan fingerprint density at radius 1 is 0.933 bits per heavy atom. The lowest BCUT2D eigenvalue weighted by molar-refractivity contribution is -0.137. The van der Waals surface area contributed by atoms with Crippen LogP contribution in [0.3, 0.4) is 0 Å². The van der Waals surface area contributed by atoms with Crippen molar-refractivity contribution in [2.75, 3.05) is 25.1 Å². The Morgan fingerprint density at radius 3 is 2.40 bits per heavy atom. The largest absolute Gasteiger partial charge is 0.382 e. The van der Waals surface area contributed by atoms with Gasteiger partial charge in [0.05, 0.1) is 5.57 Å². The number of amides is 2. The molecular weight excluding hydrogens is 376 g/mol. The number of imide groups is 1. The highest BCUT2D eigenvalue weighted by atomic mass is 16.5. The van der Waals surface area contributed by atoms with Crippen molar-refractivity contribution in [2.45, 2.75) is 41.0 Å². The molecule has 2 aromatic rings. The van der Waals surface area contributed by atoms with Crippen LogP contribution in [0.5, 0.6) is 0 Å². The van der Waals surface area contributed by atoms with E-state index in [0.29, 0.717) is 37.4 Å². The Hall–Kier alpha value is -2.92. The number of carbonyl (C=O) groups excluding carboxylic acids is 2. The number of nitrogens with zero attached hydrogens (tertiary/aromatic N) is 1. The van der Waals surface area contributed by atoms with Crippen LogP contribution in [0.15, 0.2) is 42.1 Å². The minimum absolute atomic E-state index is 0.257. The smallest absolute Gasteiger partial charge is 0.278 e. The van der Waals surface area contributed by atoms with Gasteiger partial charge in [0.25, 0.3) is 11.8 Å². The van der Waals surface area contributed by atoms with E-state index in [1.165, 1.54) is 4.90 Å². The van der Waals surface area contributed by atoms with Crippen LogP contribution < -0.4 is 5.32 Å². The Bertz CT molecular complexity index is 1010. The van der Waals surface area contributed by atoms with Crippen LogP contribution in [0.1, 0.15) is 41.2 Å². The molecule has 5 heteroatoms. The van der Waals surface area contributed by atoms with Crippen molar-refractivity contribution in [3.05, 3.63) is 69.9 Å². The van der Waals surface area contributed by atoms with Crippen LogP contribution >= 0.6 is 0 Å². The number of aryl methyl sites for hydroxylation is 3. The molecule has 0 aliphatic carbocycles. The summed E-state index contributed by atoms with van der Waals surface area (Å²) in [5.74, 6) is -0.543. The van der Waals surface area contributed by atoms with Crippen molar-refractivity contribution in [3.63, 3.8) is 0 Å². The van der Waals surface area contributed by atoms with E-state index >= 15 is 0 Å². The molecule has 0 fully saturated rings. The summed E-state index contributed by atoms with van der Waals surface area (Å²) in [5.41, 5.74) is 6.78.